The lowest BCUT2D eigenvalue weighted by Crippen LogP contribution is -2.12. The number of aryl methyl sites for hydroxylation is 2. The Morgan fingerprint density at radius 2 is 2.11 bits per heavy atom. The van der Waals surface area contributed by atoms with Gasteiger partial charge in [-0.15, -0.1) is 0 Å². The van der Waals surface area contributed by atoms with Crippen molar-refractivity contribution >= 4 is 22.8 Å². The minimum atomic E-state index is -0.00350. The van der Waals surface area contributed by atoms with Gasteiger partial charge in [0.2, 0.25) is 5.91 Å². The number of imidazole rings is 1. The fourth-order valence-electron chi connectivity index (χ4n) is 3.15. The van der Waals surface area contributed by atoms with Crippen LogP contribution in [0.2, 0.25) is 0 Å². The summed E-state index contributed by atoms with van der Waals surface area (Å²) in [6.07, 6.45) is 4.81. The standard InChI is InChI=1S/C22H28N4O2/c1-16(2)12-14-26-20(25-19-9-6-13-23-22(19)26)10-5-11-21(27)24-17-7-4-8-18(15-17)28-3/h4,6-9,13,15-16H,5,10-12,14H2,1-3H3,(H,24,27). The van der Waals surface area contributed by atoms with Crippen LogP contribution in [0.25, 0.3) is 11.2 Å². The van der Waals surface area contributed by atoms with Crippen molar-refractivity contribution in [2.45, 2.75) is 46.1 Å². The quantitative estimate of drug-likeness (QED) is 0.595. The molecule has 6 heteroatoms. The van der Waals surface area contributed by atoms with Gasteiger partial charge in [-0.05, 0) is 43.0 Å². The van der Waals surface area contributed by atoms with E-state index in [0.717, 1.165) is 54.2 Å². The molecular formula is C22H28N4O2. The fourth-order valence-corrected chi connectivity index (χ4v) is 3.15. The SMILES string of the molecule is COc1cccc(NC(=O)CCCc2nc3cccnc3n2CCC(C)C)c1. The number of amides is 1. The summed E-state index contributed by atoms with van der Waals surface area (Å²) < 4.78 is 7.39. The van der Waals surface area contributed by atoms with E-state index < -0.39 is 0 Å². The number of pyridine rings is 1. The maximum Gasteiger partial charge on any atom is 0.224 e. The molecule has 28 heavy (non-hydrogen) atoms. The first-order valence-electron chi connectivity index (χ1n) is 9.81. The van der Waals surface area contributed by atoms with Crippen molar-refractivity contribution in [2.24, 2.45) is 5.92 Å². The number of ether oxygens (including phenoxy) is 1. The van der Waals surface area contributed by atoms with E-state index in [1.165, 1.54) is 0 Å². The summed E-state index contributed by atoms with van der Waals surface area (Å²) in [6.45, 7) is 5.33. The summed E-state index contributed by atoms with van der Waals surface area (Å²) in [4.78, 5) is 21.5. The van der Waals surface area contributed by atoms with Gasteiger partial charge >= 0.3 is 0 Å². The second kappa shape index (κ2) is 9.35. The Morgan fingerprint density at radius 1 is 1.25 bits per heavy atom. The number of benzene rings is 1. The second-order valence-corrected chi connectivity index (χ2v) is 7.34. The highest BCUT2D eigenvalue weighted by atomic mass is 16.5. The van der Waals surface area contributed by atoms with E-state index in [1.807, 2.05) is 36.4 Å². The van der Waals surface area contributed by atoms with Crippen molar-refractivity contribution in [1.29, 1.82) is 0 Å². The molecule has 0 aliphatic carbocycles. The molecule has 2 heterocycles. The van der Waals surface area contributed by atoms with Gasteiger partial charge in [0.25, 0.3) is 0 Å². The lowest BCUT2D eigenvalue weighted by molar-refractivity contribution is -0.116. The maximum atomic E-state index is 12.3. The predicted octanol–water partition coefficient (Wildman–Crippen LogP) is 4.45. The molecule has 148 valence electrons. The van der Waals surface area contributed by atoms with Crippen LogP contribution in [-0.2, 0) is 17.8 Å². The van der Waals surface area contributed by atoms with Crippen LogP contribution in [0, 0.1) is 5.92 Å². The molecule has 3 rings (SSSR count). The Bertz CT molecular complexity index is 933. The molecule has 1 amide bonds. The smallest absolute Gasteiger partial charge is 0.224 e. The highest BCUT2D eigenvalue weighted by Gasteiger charge is 2.13. The molecule has 0 saturated heterocycles. The Balaban J connectivity index is 1.61. The largest absolute Gasteiger partial charge is 0.497 e. The highest BCUT2D eigenvalue weighted by molar-refractivity contribution is 5.90. The number of anilines is 1. The minimum absolute atomic E-state index is 0.00350. The van der Waals surface area contributed by atoms with Crippen molar-refractivity contribution in [3.8, 4) is 5.75 Å². The monoisotopic (exact) mass is 380 g/mol. The lowest BCUT2D eigenvalue weighted by atomic mass is 10.1. The van der Waals surface area contributed by atoms with Crippen molar-refractivity contribution in [3.63, 3.8) is 0 Å². The number of hydrogen-bond acceptors (Lipinski definition) is 4. The number of nitrogens with one attached hydrogen (secondary N) is 1. The molecule has 2 aromatic heterocycles. The van der Waals surface area contributed by atoms with Gasteiger partial charge in [-0.3, -0.25) is 4.79 Å². The number of methoxy groups -OCH3 is 1. The number of nitrogens with zero attached hydrogens (tertiary/aromatic N) is 3. The number of aromatic nitrogens is 3. The first kappa shape index (κ1) is 19.9. The number of hydrogen-bond donors (Lipinski definition) is 1. The van der Waals surface area contributed by atoms with Crippen LogP contribution in [0.1, 0.15) is 38.9 Å². The van der Waals surface area contributed by atoms with Gasteiger partial charge in [0, 0.05) is 37.3 Å². The number of fused-ring (bicyclic) bond motifs is 1. The van der Waals surface area contributed by atoms with Crippen LogP contribution in [0.15, 0.2) is 42.6 Å². The first-order valence-corrected chi connectivity index (χ1v) is 9.81. The average molecular weight is 380 g/mol. The van der Waals surface area contributed by atoms with E-state index in [4.69, 9.17) is 9.72 Å². The van der Waals surface area contributed by atoms with Crippen LogP contribution in [0.4, 0.5) is 5.69 Å². The fraction of sp³-hybridized carbons (Fsp3) is 0.409. The molecule has 0 unspecified atom stereocenters. The Hall–Kier alpha value is -2.89. The predicted molar refractivity (Wildman–Crippen MR) is 112 cm³/mol. The summed E-state index contributed by atoms with van der Waals surface area (Å²) in [7, 11) is 1.61. The van der Waals surface area contributed by atoms with Crippen LogP contribution < -0.4 is 10.1 Å². The van der Waals surface area contributed by atoms with E-state index in [0.29, 0.717) is 12.3 Å². The normalized spacial score (nSPS) is 11.1. The molecule has 3 aromatic rings. The zero-order chi connectivity index (χ0) is 19.9. The van der Waals surface area contributed by atoms with Gasteiger partial charge in [-0.1, -0.05) is 19.9 Å². The summed E-state index contributed by atoms with van der Waals surface area (Å²) in [5.41, 5.74) is 2.60. The van der Waals surface area contributed by atoms with Gasteiger partial charge < -0.3 is 14.6 Å². The van der Waals surface area contributed by atoms with E-state index in [1.54, 1.807) is 13.3 Å². The molecule has 0 aliphatic rings. The highest BCUT2D eigenvalue weighted by Crippen LogP contribution is 2.19. The van der Waals surface area contributed by atoms with Crippen LogP contribution in [-0.4, -0.2) is 27.6 Å². The van der Waals surface area contributed by atoms with Crippen LogP contribution in [0.3, 0.4) is 0 Å². The Morgan fingerprint density at radius 3 is 2.89 bits per heavy atom. The van der Waals surface area contributed by atoms with Gasteiger partial charge in [0.05, 0.1) is 7.11 Å². The number of carbonyl (C=O) groups is 1. The summed E-state index contributed by atoms with van der Waals surface area (Å²) in [5, 5.41) is 2.93. The molecule has 0 radical (unpaired) electrons. The summed E-state index contributed by atoms with van der Waals surface area (Å²) >= 11 is 0. The zero-order valence-corrected chi connectivity index (χ0v) is 16.8. The van der Waals surface area contributed by atoms with Crippen molar-refractivity contribution in [3.05, 3.63) is 48.4 Å². The maximum absolute atomic E-state index is 12.3. The average Bonchev–Trinajstić information content (AvgIpc) is 3.03. The molecule has 0 aliphatic heterocycles. The summed E-state index contributed by atoms with van der Waals surface area (Å²) in [5.74, 6) is 2.34. The van der Waals surface area contributed by atoms with Gasteiger partial charge in [0.1, 0.15) is 17.1 Å². The Labute approximate surface area is 166 Å². The lowest BCUT2D eigenvalue weighted by Gasteiger charge is -2.10. The molecule has 0 atom stereocenters. The van der Waals surface area contributed by atoms with Crippen LogP contribution in [0.5, 0.6) is 5.75 Å². The third-order valence-corrected chi connectivity index (χ3v) is 4.67. The molecule has 6 nitrogen and oxygen atoms in total. The molecular weight excluding hydrogens is 352 g/mol. The molecule has 1 aromatic carbocycles. The first-order chi connectivity index (χ1) is 13.6. The van der Waals surface area contributed by atoms with Crippen LogP contribution >= 0.6 is 0 Å². The van der Waals surface area contributed by atoms with E-state index >= 15 is 0 Å². The van der Waals surface area contributed by atoms with Gasteiger partial charge in [-0.25, -0.2) is 9.97 Å². The molecule has 0 spiro atoms. The molecule has 1 N–H and O–H groups in total. The minimum Gasteiger partial charge on any atom is -0.497 e. The third-order valence-electron chi connectivity index (χ3n) is 4.67. The molecule has 0 fully saturated rings. The second-order valence-electron chi connectivity index (χ2n) is 7.34. The van der Waals surface area contributed by atoms with Crippen molar-refractivity contribution < 1.29 is 9.53 Å². The summed E-state index contributed by atoms with van der Waals surface area (Å²) in [6, 6.07) is 11.3. The third kappa shape index (κ3) is 5.09. The molecule has 0 bridgehead atoms. The Kier molecular flexibility index (Phi) is 6.63. The van der Waals surface area contributed by atoms with Crippen molar-refractivity contribution in [2.75, 3.05) is 12.4 Å². The zero-order valence-electron chi connectivity index (χ0n) is 16.8. The van der Waals surface area contributed by atoms with Crippen molar-refractivity contribution in [1.82, 2.24) is 14.5 Å². The molecule has 0 saturated carbocycles. The number of carbonyl (C=O) groups excluding carboxylic acids is 1. The van der Waals surface area contributed by atoms with E-state index in [9.17, 15) is 4.79 Å². The van der Waals surface area contributed by atoms with E-state index in [-0.39, 0.29) is 5.91 Å². The van der Waals surface area contributed by atoms with Gasteiger partial charge in [-0.2, -0.15) is 0 Å². The topological polar surface area (TPSA) is 69.0 Å². The van der Waals surface area contributed by atoms with Gasteiger partial charge in [0.15, 0.2) is 5.65 Å². The van der Waals surface area contributed by atoms with E-state index in [2.05, 4.69) is 28.7 Å². The number of rotatable bonds is 9.